The lowest BCUT2D eigenvalue weighted by molar-refractivity contribution is -0.379. The highest BCUT2D eigenvalue weighted by Gasteiger charge is 2.54. The van der Waals surface area contributed by atoms with E-state index in [4.69, 9.17) is 28.4 Å². The first-order valence-corrected chi connectivity index (χ1v) is 38.9. The molecule has 0 radical (unpaired) electrons. The molecule has 3 aliphatic rings. The van der Waals surface area contributed by atoms with E-state index in [1.165, 1.54) is 244 Å². The minimum Gasteiger partial charge on any atom is -0.394 e. The number of rotatable bonds is 62. The van der Waals surface area contributed by atoms with Gasteiger partial charge in [-0.3, -0.25) is 4.79 Å². The molecular weight excluding hydrogens is 1200 g/mol. The molecule has 3 saturated heterocycles. The van der Waals surface area contributed by atoms with Crippen LogP contribution in [0.1, 0.15) is 328 Å². The number of ether oxygens (including phenoxy) is 6. The molecule has 0 aromatic heterocycles. The summed E-state index contributed by atoms with van der Waals surface area (Å²) in [5.41, 5.74) is 0. The van der Waals surface area contributed by atoms with Gasteiger partial charge in [-0.15, -0.1) is 0 Å². The van der Waals surface area contributed by atoms with E-state index < -0.39 is 124 Å². The summed E-state index contributed by atoms with van der Waals surface area (Å²) in [6, 6.07) is -0.887. The summed E-state index contributed by atoms with van der Waals surface area (Å²) in [5, 5.41) is 121. The highest BCUT2D eigenvalue weighted by Crippen LogP contribution is 2.33. The number of unbranched alkanes of at least 4 members (excludes halogenated alkanes) is 44. The summed E-state index contributed by atoms with van der Waals surface area (Å²) in [5.74, 6) is -0.239. The number of aliphatic hydroxyl groups is 11. The van der Waals surface area contributed by atoms with Gasteiger partial charge in [-0.1, -0.05) is 296 Å². The number of amides is 1. The highest BCUT2D eigenvalue weighted by atomic mass is 16.8. The van der Waals surface area contributed by atoms with Crippen LogP contribution in [0.5, 0.6) is 0 Å². The lowest BCUT2D eigenvalue weighted by atomic mass is 9.96. The lowest BCUT2D eigenvalue weighted by Crippen LogP contribution is -2.66. The van der Waals surface area contributed by atoms with Crippen molar-refractivity contribution in [3.63, 3.8) is 0 Å². The van der Waals surface area contributed by atoms with Crippen LogP contribution in [-0.4, -0.2) is 193 Å². The van der Waals surface area contributed by atoms with Crippen molar-refractivity contribution in [3.8, 4) is 0 Å². The van der Waals surface area contributed by atoms with Gasteiger partial charge in [0.1, 0.15) is 73.2 Å². The number of hydrogen-bond acceptors (Lipinski definition) is 18. The van der Waals surface area contributed by atoms with Crippen molar-refractivity contribution in [1.82, 2.24) is 5.32 Å². The number of hydrogen-bond donors (Lipinski definition) is 12. The van der Waals surface area contributed by atoms with Crippen LogP contribution in [0.2, 0.25) is 0 Å². The van der Waals surface area contributed by atoms with Crippen LogP contribution in [0.4, 0.5) is 0 Å². The van der Waals surface area contributed by atoms with Crippen molar-refractivity contribution in [3.05, 3.63) is 12.2 Å². The molecule has 3 rings (SSSR count). The zero-order valence-corrected chi connectivity index (χ0v) is 59.2. The average molecular weight is 1350 g/mol. The van der Waals surface area contributed by atoms with Crippen molar-refractivity contribution < 1.29 is 89.4 Å². The monoisotopic (exact) mass is 1350 g/mol. The fraction of sp³-hybridized carbons (Fsp3) is 0.960. The Morgan fingerprint density at radius 1 is 0.372 bits per heavy atom. The van der Waals surface area contributed by atoms with Gasteiger partial charge < -0.3 is 89.9 Å². The second kappa shape index (κ2) is 57.2. The first kappa shape index (κ1) is 86.8. The second-order valence-corrected chi connectivity index (χ2v) is 28.2. The van der Waals surface area contributed by atoms with Gasteiger partial charge in [0.2, 0.25) is 5.91 Å². The number of allylic oxidation sites excluding steroid dienone is 2. The van der Waals surface area contributed by atoms with Gasteiger partial charge in [0.05, 0.1) is 38.6 Å². The summed E-state index contributed by atoms with van der Waals surface area (Å²) in [7, 11) is 0. The van der Waals surface area contributed by atoms with Crippen LogP contribution in [0.25, 0.3) is 0 Å². The van der Waals surface area contributed by atoms with E-state index in [0.717, 1.165) is 51.4 Å². The van der Waals surface area contributed by atoms with E-state index in [1.54, 1.807) is 0 Å². The lowest BCUT2D eigenvalue weighted by Gasteiger charge is -2.48. The molecule has 19 heteroatoms. The molecule has 94 heavy (non-hydrogen) atoms. The van der Waals surface area contributed by atoms with Gasteiger partial charge in [0, 0.05) is 6.42 Å². The second-order valence-electron chi connectivity index (χ2n) is 28.2. The van der Waals surface area contributed by atoms with E-state index >= 15 is 0 Å². The van der Waals surface area contributed by atoms with Crippen LogP contribution in [0, 0.1) is 0 Å². The van der Waals surface area contributed by atoms with Crippen LogP contribution in [-0.2, 0) is 33.2 Å². The zero-order chi connectivity index (χ0) is 68.2. The minimum absolute atomic E-state index is 0.239. The molecule has 3 aliphatic heterocycles. The molecule has 17 atom stereocenters. The summed E-state index contributed by atoms with van der Waals surface area (Å²) in [6.07, 6.45) is 38.7. The SMILES string of the molecule is CCCCCCCCCC/C=C\CCCCCCCCCCCC(=O)NC(COC1OC(CO)C(OC2OC(CO)C(OC3OC(CO)C(O)C(O)C3O)C(O)C2O)C(O)C1O)C(O)CCCCCCCCCCCCCCCCCCCCCCCCCCCCCC. The van der Waals surface area contributed by atoms with Crippen molar-refractivity contribution in [2.24, 2.45) is 0 Å². The van der Waals surface area contributed by atoms with Gasteiger partial charge in [0.25, 0.3) is 0 Å². The number of carbonyl (C=O) groups is 1. The van der Waals surface area contributed by atoms with E-state index in [2.05, 4.69) is 31.3 Å². The maximum Gasteiger partial charge on any atom is 0.220 e. The quantitative estimate of drug-likeness (QED) is 0.0199. The highest BCUT2D eigenvalue weighted by molar-refractivity contribution is 5.76. The standard InChI is InChI=1S/C75H143NO18/c1-3-5-7-9-11-13-15-17-19-21-23-25-26-27-28-29-30-31-33-34-36-38-40-42-44-46-48-50-52-59(80)58(76-63(81)53-51-49-47-45-43-41-39-37-35-32-24-22-20-18-16-14-12-10-8-6-4-2)57-89-73-69(87)66(84)71(61(55-78)91-73)94-75-70(88)67(85)72(62(56-79)92-75)93-74-68(86)65(83)64(82)60(54-77)90-74/h22,24,58-62,64-75,77-80,82-88H,3-21,23,25-57H2,1-2H3,(H,76,81)/b24-22-. The fourth-order valence-corrected chi connectivity index (χ4v) is 13.5. The van der Waals surface area contributed by atoms with Gasteiger partial charge in [-0.2, -0.15) is 0 Å². The molecule has 0 spiro atoms. The first-order chi connectivity index (χ1) is 45.8. The van der Waals surface area contributed by atoms with Gasteiger partial charge in [0.15, 0.2) is 18.9 Å². The summed E-state index contributed by atoms with van der Waals surface area (Å²) < 4.78 is 34.5. The molecule has 3 fully saturated rings. The van der Waals surface area contributed by atoms with Gasteiger partial charge >= 0.3 is 0 Å². The summed E-state index contributed by atoms with van der Waals surface area (Å²) in [4.78, 5) is 13.5. The van der Waals surface area contributed by atoms with Crippen LogP contribution >= 0.6 is 0 Å². The summed E-state index contributed by atoms with van der Waals surface area (Å²) >= 11 is 0. The first-order valence-electron chi connectivity index (χ1n) is 38.9. The Bertz CT molecular complexity index is 1750. The normalized spacial score (nSPS) is 27.4. The van der Waals surface area contributed by atoms with E-state index in [9.17, 15) is 61.0 Å². The molecule has 0 aliphatic carbocycles. The maximum absolute atomic E-state index is 13.5. The molecule has 0 aromatic carbocycles. The van der Waals surface area contributed by atoms with Crippen LogP contribution in [0.3, 0.4) is 0 Å². The Morgan fingerprint density at radius 3 is 1.03 bits per heavy atom. The number of nitrogens with one attached hydrogen (secondary N) is 1. The van der Waals surface area contributed by atoms with Crippen molar-refractivity contribution in [2.45, 2.75) is 433 Å². The minimum atomic E-state index is -1.97. The van der Waals surface area contributed by atoms with E-state index in [0.29, 0.717) is 12.8 Å². The average Bonchev–Trinajstić information content (AvgIpc) is 0.787. The smallest absolute Gasteiger partial charge is 0.220 e. The maximum atomic E-state index is 13.5. The number of aliphatic hydroxyl groups excluding tert-OH is 11. The van der Waals surface area contributed by atoms with Crippen molar-refractivity contribution in [1.29, 1.82) is 0 Å². The van der Waals surface area contributed by atoms with Crippen LogP contribution in [0.15, 0.2) is 12.2 Å². The molecule has 0 saturated carbocycles. The predicted molar refractivity (Wildman–Crippen MR) is 370 cm³/mol. The van der Waals surface area contributed by atoms with Gasteiger partial charge in [-0.05, 0) is 38.5 Å². The van der Waals surface area contributed by atoms with Crippen LogP contribution < -0.4 is 5.32 Å². The molecule has 3 heterocycles. The van der Waals surface area contributed by atoms with Crippen molar-refractivity contribution >= 4 is 5.91 Å². The number of carbonyl (C=O) groups excluding carboxylic acids is 1. The third kappa shape index (κ3) is 37.8. The molecular formula is C75H143NO18. The molecule has 0 aromatic rings. The Labute approximate surface area is 569 Å². The molecule has 12 N–H and O–H groups in total. The molecule has 1 amide bonds. The third-order valence-electron chi connectivity index (χ3n) is 19.8. The predicted octanol–water partition coefficient (Wildman–Crippen LogP) is 12.0. The molecule has 17 unspecified atom stereocenters. The van der Waals surface area contributed by atoms with E-state index in [1.807, 2.05) is 0 Å². The van der Waals surface area contributed by atoms with Gasteiger partial charge in [-0.25, -0.2) is 0 Å². The van der Waals surface area contributed by atoms with Crippen molar-refractivity contribution in [2.75, 3.05) is 26.4 Å². The molecule has 0 bridgehead atoms. The Balaban J connectivity index is 1.38. The zero-order valence-electron chi connectivity index (χ0n) is 59.2. The Hall–Kier alpha value is -1.47. The van der Waals surface area contributed by atoms with E-state index in [-0.39, 0.29) is 18.9 Å². The fourth-order valence-electron chi connectivity index (χ4n) is 13.5. The largest absolute Gasteiger partial charge is 0.394 e. The third-order valence-corrected chi connectivity index (χ3v) is 19.8. The molecule has 556 valence electrons. The Morgan fingerprint density at radius 2 is 0.670 bits per heavy atom. The summed E-state index contributed by atoms with van der Waals surface area (Å²) in [6.45, 7) is 1.85. The Kier molecular flexibility index (Phi) is 52.8. The molecule has 19 nitrogen and oxygen atoms in total. The topological polar surface area (TPSA) is 307 Å².